The van der Waals surface area contributed by atoms with E-state index in [0.29, 0.717) is 0 Å². The first-order valence-corrected chi connectivity index (χ1v) is 4.04. The molecule has 0 saturated carbocycles. The van der Waals surface area contributed by atoms with E-state index in [2.05, 4.69) is 21.0 Å². The van der Waals surface area contributed by atoms with Crippen LogP contribution in [0.5, 0.6) is 0 Å². The molecule has 1 aromatic rings. The lowest BCUT2D eigenvalue weighted by Crippen LogP contribution is -2.08. The lowest BCUT2D eigenvalue weighted by atomic mass is 10.4. The number of alkyl halides is 2. The van der Waals surface area contributed by atoms with E-state index in [1.807, 2.05) is 0 Å². The Labute approximate surface area is 80.3 Å². The Kier molecular flexibility index (Phi) is 2.97. The largest absolute Gasteiger partial charge is 0.478 e. The van der Waals surface area contributed by atoms with Gasteiger partial charge in [-0.3, -0.25) is 4.68 Å². The number of rotatable bonds is 3. The second-order valence-corrected chi connectivity index (χ2v) is 2.98. The quantitative estimate of drug-likeness (QED) is 0.892. The molecule has 0 fully saturated rings. The number of aromatic nitrogens is 2. The molecule has 13 heavy (non-hydrogen) atoms. The van der Waals surface area contributed by atoms with Crippen molar-refractivity contribution < 1.29 is 18.7 Å². The van der Waals surface area contributed by atoms with Gasteiger partial charge in [-0.1, -0.05) is 0 Å². The molecule has 0 aliphatic carbocycles. The highest BCUT2D eigenvalue weighted by atomic mass is 79.9. The Morgan fingerprint density at radius 3 is 2.77 bits per heavy atom. The van der Waals surface area contributed by atoms with Crippen molar-refractivity contribution in [3.63, 3.8) is 0 Å². The van der Waals surface area contributed by atoms with Crippen LogP contribution in [-0.2, 0) is 6.54 Å². The van der Waals surface area contributed by atoms with Gasteiger partial charge in [0.25, 0.3) is 6.43 Å². The van der Waals surface area contributed by atoms with Crippen molar-refractivity contribution >= 4 is 21.9 Å². The molecule has 0 aliphatic heterocycles. The van der Waals surface area contributed by atoms with Gasteiger partial charge < -0.3 is 5.11 Å². The Morgan fingerprint density at radius 2 is 2.38 bits per heavy atom. The summed E-state index contributed by atoms with van der Waals surface area (Å²) in [4.78, 5) is 10.5. The number of aromatic carboxylic acids is 1. The number of carboxylic acid groups (broad SMARTS) is 1. The minimum absolute atomic E-state index is 0.0558. The van der Waals surface area contributed by atoms with Crippen molar-refractivity contribution in [1.29, 1.82) is 0 Å². The fourth-order valence-electron chi connectivity index (χ4n) is 0.772. The molecule has 7 heteroatoms. The van der Waals surface area contributed by atoms with Crippen LogP contribution in [0.4, 0.5) is 8.78 Å². The molecule has 1 N–H and O–H groups in total. The van der Waals surface area contributed by atoms with Gasteiger partial charge in [0.05, 0.1) is 6.20 Å². The van der Waals surface area contributed by atoms with Crippen LogP contribution in [0.3, 0.4) is 0 Å². The Balaban J connectivity index is 2.93. The van der Waals surface area contributed by atoms with E-state index < -0.39 is 18.9 Å². The predicted octanol–water partition coefficient (Wildman–Crippen LogP) is 1.61. The monoisotopic (exact) mass is 254 g/mol. The SMILES string of the molecule is O=C(O)c1cnn(CC(F)F)c1Br. The number of carbonyl (C=O) groups is 1. The van der Waals surface area contributed by atoms with Crippen LogP contribution in [0.25, 0.3) is 0 Å². The van der Waals surface area contributed by atoms with Crippen molar-refractivity contribution in [3.8, 4) is 0 Å². The molecular formula is C6H5BrF2N2O2. The molecule has 0 amide bonds. The third-order valence-electron chi connectivity index (χ3n) is 1.32. The average Bonchev–Trinajstić information content (AvgIpc) is 2.32. The fourth-order valence-corrected chi connectivity index (χ4v) is 1.28. The Morgan fingerprint density at radius 1 is 1.77 bits per heavy atom. The average molecular weight is 255 g/mol. The van der Waals surface area contributed by atoms with Gasteiger partial charge in [0.2, 0.25) is 0 Å². The van der Waals surface area contributed by atoms with E-state index >= 15 is 0 Å². The van der Waals surface area contributed by atoms with Crippen LogP contribution in [0.1, 0.15) is 10.4 Å². The highest BCUT2D eigenvalue weighted by Crippen LogP contribution is 2.17. The van der Waals surface area contributed by atoms with Crippen molar-refractivity contribution in [2.24, 2.45) is 0 Å². The van der Waals surface area contributed by atoms with Crippen molar-refractivity contribution in [2.45, 2.75) is 13.0 Å². The summed E-state index contributed by atoms with van der Waals surface area (Å²) < 4.78 is 24.7. The van der Waals surface area contributed by atoms with Crippen molar-refractivity contribution in [3.05, 3.63) is 16.4 Å². The second-order valence-electron chi connectivity index (χ2n) is 2.23. The van der Waals surface area contributed by atoms with Gasteiger partial charge in [0.1, 0.15) is 16.7 Å². The zero-order valence-corrected chi connectivity index (χ0v) is 7.83. The molecule has 1 heterocycles. The van der Waals surface area contributed by atoms with Crippen LogP contribution in [0.15, 0.2) is 10.8 Å². The van der Waals surface area contributed by atoms with Gasteiger partial charge in [-0.25, -0.2) is 13.6 Å². The van der Waals surface area contributed by atoms with E-state index in [-0.39, 0.29) is 10.2 Å². The Hall–Kier alpha value is -0.980. The van der Waals surface area contributed by atoms with Gasteiger partial charge in [-0.15, -0.1) is 0 Å². The minimum atomic E-state index is -2.56. The molecule has 1 rings (SSSR count). The molecule has 0 unspecified atom stereocenters. The molecule has 0 aromatic carbocycles. The van der Waals surface area contributed by atoms with E-state index in [4.69, 9.17) is 5.11 Å². The summed E-state index contributed by atoms with van der Waals surface area (Å²) in [5, 5.41) is 12.0. The van der Waals surface area contributed by atoms with Crippen molar-refractivity contribution in [2.75, 3.05) is 0 Å². The number of nitrogens with zero attached hydrogens (tertiary/aromatic N) is 2. The van der Waals surface area contributed by atoms with Gasteiger partial charge in [0, 0.05) is 0 Å². The third kappa shape index (κ3) is 2.24. The smallest absolute Gasteiger partial charge is 0.340 e. The highest BCUT2D eigenvalue weighted by Gasteiger charge is 2.16. The molecule has 0 aliphatic rings. The summed E-state index contributed by atoms with van der Waals surface area (Å²) in [6.07, 6.45) is -1.53. The summed E-state index contributed by atoms with van der Waals surface area (Å²) in [5.74, 6) is -1.20. The van der Waals surface area contributed by atoms with Gasteiger partial charge in [-0.2, -0.15) is 5.10 Å². The zero-order valence-electron chi connectivity index (χ0n) is 6.25. The molecule has 4 nitrogen and oxygen atoms in total. The first-order chi connectivity index (χ1) is 6.02. The molecule has 0 spiro atoms. The standard InChI is InChI=1S/C6H5BrF2N2O2/c7-5-3(6(12)13)1-10-11(5)2-4(8)9/h1,4H,2H2,(H,12,13). The first kappa shape index (κ1) is 10.1. The predicted molar refractivity (Wildman–Crippen MR) is 42.9 cm³/mol. The molecule has 0 atom stereocenters. The van der Waals surface area contributed by atoms with E-state index in [1.54, 1.807) is 0 Å². The summed E-state index contributed by atoms with van der Waals surface area (Å²) in [7, 11) is 0. The highest BCUT2D eigenvalue weighted by molar-refractivity contribution is 9.10. The molecule has 0 bridgehead atoms. The Bertz CT molecular complexity index is 326. The summed E-state index contributed by atoms with van der Waals surface area (Å²) in [5.41, 5.74) is -0.124. The number of hydrogen-bond donors (Lipinski definition) is 1. The lowest BCUT2D eigenvalue weighted by molar-refractivity contribution is 0.0694. The van der Waals surface area contributed by atoms with Crippen LogP contribution in [0, 0.1) is 0 Å². The van der Waals surface area contributed by atoms with Crippen LogP contribution >= 0.6 is 15.9 Å². The molecule has 1 aromatic heterocycles. The molecular weight excluding hydrogens is 250 g/mol. The molecule has 0 saturated heterocycles. The third-order valence-corrected chi connectivity index (χ3v) is 2.15. The maximum atomic E-state index is 11.9. The molecule has 0 radical (unpaired) electrons. The maximum absolute atomic E-state index is 11.9. The fraction of sp³-hybridized carbons (Fsp3) is 0.333. The van der Waals surface area contributed by atoms with E-state index in [9.17, 15) is 13.6 Å². The first-order valence-electron chi connectivity index (χ1n) is 3.25. The number of carboxylic acids is 1. The van der Waals surface area contributed by atoms with E-state index in [1.165, 1.54) is 0 Å². The van der Waals surface area contributed by atoms with Crippen molar-refractivity contribution in [1.82, 2.24) is 9.78 Å². The lowest BCUT2D eigenvalue weighted by Gasteiger charge is -2.00. The summed E-state index contributed by atoms with van der Waals surface area (Å²) in [6.45, 7) is -0.617. The summed E-state index contributed by atoms with van der Waals surface area (Å²) in [6, 6.07) is 0. The van der Waals surface area contributed by atoms with Crippen LogP contribution < -0.4 is 0 Å². The maximum Gasteiger partial charge on any atom is 0.340 e. The minimum Gasteiger partial charge on any atom is -0.478 e. The van der Waals surface area contributed by atoms with Crippen LogP contribution in [-0.4, -0.2) is 27.3 Å². The second kappa shape index (κ2) is 3.82. The number of hydrogen-bond acceptors (Lipinski definition) is 2. The van der Waals surface area contributed by atoms with Gasteiger partial charge >= 0.3 is 5.97 Å². The van der Waals surface area contributed by atoms with Gasteiger partial charge in [-0.05, 0) is 15.9 Å². The zero-order chi connectivity index (χ0) is 10.0. The number of halogens is 3. The topological polar surface area (TPSA) is 55.1 Å². The van der Waals surface area contributed by atoms with E-state index in [0.717, 1.165) is 10.9 Å². The van der Waals surface area contributed by atoms with Crippen LogP contribution in [0.2, 0.25) is 0 Å². The molecule has 72 valence electrons. The van der Waals surface area contributed by atoms with Gasteiger partial charge in [0.15, 0.2) is 0 Å². The normalized spacial score (nSPS) is 10.8. The summed E-state index contributed by atoms with van der Waals surface area (Å²) >= 11 is 2.87.